The molecule has 2 aromatic rings. The molecule has 0 bridgehead atoms. The van der Waals surface area contributed by atoms with Crippen LogP contribution in [0.4, 0.5) is 18.9 Å². The van der Waals surface area contributed by atoms with E-state index in [1.54, 1.807) is 25.1 Å². The molecule has 3 rings (SSSR count). The molecule has 0 aliphatic heterocycles. The Morgan fingerprint density at radius 2 is 2.04 bits per heavy atom. The number of nitrogens with one attached hydrogen (secondary N) is 1. The van der Waals surface area contributed by atoms with E-state index in [-0.39, 0.29) is 29.8 Å². The second kappa shape index (κ2) is 7.12. The summed E-state index contributed by atoms with van der Waals surface area (Å²) in [5, 5.41) is 6.49. The van der Waals surface area contributed by atoms with Crippen LogP contribution in [0.15, 0.2) is 18.2 Å². The SMILES string of the molecule is Cc1c(Cl)cccc1NC(=O)CCn1nc(C(F)(F)F)c(Cl)c1C1CC1. The molecule has 26 heavy (non-hydrogen) atoms. The summed E-state index contributed by atoms with van der Waals surface area (Å²) in [6.45, 7) is 1.79. The maximum absolute atomic E-state index is 13.0. The molecule has 1 aliphatic carbocycles. The summed E-state index contributed by atoms with van der Waals surface area (Å²) in [6.07, 6.45) is -3.10. The van der Waals surface area contributed by atoms with Crippen LogP contribution in [0.2, 0.25) is 10.0 Å². The van der Waals surface area contributed by atoms with Crippen LogP contribution in [-0.2, 0) is 17.5 Å². The highest BCUT2D eigenvalue weighted by atomic mass is 35.5. The quantitative estimate of drug-likeness (QED) is 0.721. The summed E-state index contributed by atoms with van der Waals surface area (Å²) in [7, 11) is 0. The molecule has 1 amide bonds. The molecule has 1 heterocycles. The third kappa shape index (κ3) is 3.99. The molecule has 1 N–H and O–H groups in total. The maximum Gasteiger partial charge on any atom is 0.436 e. The zero-order valence-electron chi connectivity index (χ0n) is 13.8. The fourth-order valence-corrected chi connectivity index (χ4v) is 3.29. The molecule has 0 saturated heterocycles. The van der Waals surface area contributed by atoms with Crippen LogP contribution in [0, 0.1) is 6.92 Å². The lowest BCUT2D eigenvalue weighted by Gasteiger charge is -2.10. The highest BCUT2D eigenvalue weighted by Gasteiger charge is 2.42. The predicted molar refractivity (Wildman–Crippen MR) is 93.6 cm³/mol. The summed E-state index contributed by atoms with van der Waals surface area (Å²) in [5.74, 6) is -0.360. The number of nitrogens with zero attached hydrogens (tertiary/aromatic N) is 2. The molecule has 1 saturated carbocycles. The van der Waals surface area contributed by atoms with Gasteiger partial charge in [0.2, 0.25) is 5.91 Å². The Balaban J connectivity index is 1.73. The molecule has 1 fully saturated rings. The van der Waals surface area contributed by atoms with Crippen molar-refractivity contribution in [2.45, 2.75) is 44.8 Å². The number of alkyl halides is 3. The first-order valence-corrected chi connectivity index (χ1v) is 8.82. The lowest BCUT2D eigenvalue weighted by atomic mass is 10.2. The van der Waals surface area contributed by atoms with Gasteiger partial charge in [-0.3, -0.25) is 9.48 Å². The van der Waals surface area contributed by atoms with Crippen LogP contribution < -0.4 is 5.32 Å². The van der Waals surface area contributed by atoms with Crippen molar-refractivity contribution in [3.63, 3.8) is 0 Å². The number of rotatable bonds is 5. The van der Waals surface area contributed by atoms with Gasteiger partial charge >= 0.3 is 6.18 Å². The van der Waals surface area contributed by atoms with E-state index in [1.807, 2.05) is 0 Å². The lowest BCUT2D eigenvalue weighted by molar-refractivity contribution is -0.141. The predicted octanol–water partition coefficient (Wildman–Crippen LogP) is 5.42. The molecule has 0 spiro atoms. The van der Waals surface area contributed by atoms with Gasteiger partial charge in [0, 0.05) is 23.0 Å². The van der Waals surface area contributed by atoms with E-state index < -0.39 is 11.9 Å². The van der Waals surface area contributed by atoms with Crippen molar-refractivity contribution in [1.29, 1.82) is 0 Å². The fraction of sp³-hybridized carbons (Fsp3) is 0.412. The number of anilines is 1. The van der Waals surface area contributed by atoms with Gasteiger partial charge in [-0.1, -0.05) is 29.3 Å². The number of halogens is 5. The highest BCUT2D eigenvalue weighted by Crippen LogP contribution is 2.46. The molecule has 0 unspecified atom stereocenters. The maximum atomic E-state index is 13.0. The summed E-state index contributed by atoms with van der Waals surface area (Å²) >= 11 is 11.9. The first kappa shape index (κ1) is 19.0. The Bertz CT molecular complexity index is 845. The average Bonchev–Trinajstić information content (AvgIpc) is 3.32. The van der Waals surface area contributed by atoms with Crippen LogP contribution >= 0.6 is 23.2 Å². The topological polar surface area (TPSA) is 46.9 Å². The Labute approximate surface area is 158 Å². The molecular weight excluding hydrogens is 390 g/mol. The Hall–Kier alpha value is -1.73. The van der Waals surface area contributed by atoms with Gasteiger partial charge in [0.25, 0.3) is 0 Å². The third-order valence-corrected chi connectivity index (χ3v) is 5.04. The van der Waals surface area contributed by atoms with Gasteiger partial charge in [-0.05, 0) is 37.5 Å². The van der Waals surface area contributed by atoms with Crippen molar-refractivity contribution in [3.05, 3.63) is 45.2 Å². The number of aryl methyl sites for hydroxylation is 1. The van der Waals surface area contributed by atoms with Gasteiger partial charge < -0.3 is 5.32 Å². The van der Waals surface area contributed by atoms with Crippen LogP contribution in [-0.4, -0.2) is 15.7 Å². The first-order valence-electron chi connectivity index (χ1n) is 8.07. The third-order valence-electron chi connectivity index (χ3n) is 4.26. The van der Waals surface area contributed by atoms with Crippen molar-refractivity contribution in [2.24, 2.45) is 0 Å². The second-order valence-electron chi connectivity index (χ2n) is 6.25. The van der Waals surface area contributed by atoms with Crippen LogP contribution in [0.5, 0.6) is 0 Å². The molecule has 1 aliphatic rings. The summed E-state index contributed by atoms with van der Waals surface area (Å²) in [6, 6.07) is 5.12. The van der Waals surface area contributed by atoms with E-state index in [0.717, 1.165) is 18.4 Å². The van der Waals surface area contributed by atoms with E-state index in [2.05, 4.69) is 10.4 Å². The molecule has 4 nitrogen and oxygen atoms in total. The minimum absolute atomic E-state index is 0.0209. The van der Waals surface area contributed by atoms with E-state index in [0.29, 0.717) is 16.4 Å². The largest absolute Gasteiger partial charge is 0.436 e. The summed E-state index contributed by atoms with van der Waals surface area (Å²) in [5.41, 5.74) is 0.569. The van der Waals surface area contributed by atoms with Crippen molar-refractivity contribution < 1.29 is 18.0 Å². The van der Waals surface area contributed by atoms with E-state index in [1.165, 1.54) is 4.68 Å². The first-order chi connectivity index (χ1) is 12.2. The second-order valence-corrected chi connectivity index (χ2v) is 7.04. The van der Waals surface area contributed by atoms with Crippen LogP contribution in [0.25, 0.3) is 0 Å². The van der Waals surface area contributed by atoms with Crippen LogP contribution in [0.1, 0.15) is 42.1 Å². The molecule has 0 atom stereocenters. The van der Waals surface area contributed by atoms with Gasteiger partial charge in [0.05, 0.1) is 17.3 Å². The highest BCUT2D eigenvalue weighted by molar-refractivity contribution is 6.32. The van der Waals surface area contributed by atoms with Gasteiger partial charge in [0.1, 0.15) is 0 Å². The summed E-state index contributed by atoms with van der Waals surface area (Å²) < 4.78 is 40.3. The van der Waals surface area contributed by atoms with Crippen molar-refractivity contribution in [1.82, 2.24) is 9.78 Å². The van der Waals surface area contributed by atoms with E-state index in [4.69, 9.17) is 23.2 Å². The van der Waals surface area contributed by atoms with E-state index in [9.17, 15) is 18.0 Å². The zero-order valence-corrected chi connectivity index (χ0v) is 15.3. The smallest absolute Gasteiger partial charge is 0.326 e. The molecule has 140 valence electrons. The number of amides is 1. The number of carbonyl (C=O) groups is 1. The normalized spacial score (nSPS) is 14.5. The van der Waals surface area contributed by atoms with Crippen molar-refractivity contribution in [3.8, 4) is 0 Å². The van der Waals surface area contributed by atoms with Gasteiger partial charge in [-0.2, -0.15) is 18.3 Å². The Morgan fingerprint density at radius 3 is 2.65 bits per heavy atom. The number of aromatic nitrogens is 2. The minimum atomic E-state index is -4.62. The Morgan fingerprint density at radius 1 is 1.35 bits per heavy atom. The molecular formula is C17H16Cl2F3N3O. The van der Waals surface area contributed by atoms with Crippen molar-refractivity contribution >= 4 is 34.8 Å². The van der Waals surface area contributed by atoms with Gasteiger partial charge in [-0.15, -0.1) is 0 Å². The number of benzene rings is 1. The molecule has 0 radical (unpaired) electrons. The van der Waals surface area contributed by atoms with E-state index >= 15 is 0 Å². The average molecular weight is 406 g/mol. The molecule has 9 heteroatoms. The monoisotopic (exact) mass is 405 g/mol. The van der Waals surface area contributed by atoms with Gasteiger partial charge in [-0.25, -0.2) is 0 Å². The standard InChI is InChI=1S/C17H16Cl2F3N3O/c1-9-11(18)3-2-4-12(9)23-13(26)7-8-25-15(10-5-6-10)14(19)16(24-25)17(20,21)22/h2-4,10H,5-8H2,1H3,(H,23,26). The molecule has 1 aromatic carbocycles. The number of carbonyl (C=O) groups excluding carboxylic acids is 1. The van der Waals surface area contributed by atoms with Crippen LogP contribution in [0.3, 0.4) is 0 Å². The molecule has 1 aromatic heterocycles. The minimum Gasteiger partial charge on any atom is -0.326 e. The summed E-state index contributed by atoms with van der Waals surface area (Å²) in [4.78, 5) is 12.2. The lowest BCUT2D eigenvalue weighted by Crippen LogP contribution is -2.17. The number of hydrogen-bond acceptors (Lipinski definition) is 2. The van der Waals surface area contributed by atoms with Gasteiger partial charge in [0.15, 0.2) is 5.69 Å². The fourth-order valence-electron chi connectivity index (χ4n) is 2.71. The number of hydrogen-bond donors (Lipinski definition) is 1. The van der Waals surface area contributed by atoms with Crippen molar-refractivity contribution in [2.75, 3.05) is 5.32 Å². The zero-order chi connectivity index (χ0) is 19.1. The Kier molecular flexibility index (Phi) is 5.21.